The van der Waals surface area contributed by atoms with E-state index in [1.165, 1.54) is 0 Å². The number of nitrogens with zero attached hydrogens (tertiary/aromatic N) is 4. The van der Waals surface area contributed by atoms with Crippen molar-refractivity contribution in [2.45, 2.75) is 46.2 Å². The van der Waals surface area contributed by atoms with Crippen LogP contribution in [0.5, 0.6) is 0 Å². The molecule has 0 atom stereocenters. The second-order valence-electron chi connectivity index (χ2n) is 4.58. The molecule has 2 N–H and O–H groups in total. The van der Waals surface area contributed by atoms with Crippen molar-refractivity contribution in [1.29, 1.82) is 5.26 Å². The molecule has 0 aliphatic carbocycles. The maximum atomic E-state index is 8.85. The number of rotatable bonds is 6. The van der Waals surface area contributed by atoms with Crippen molar-refractivity contribution in [3.8, 4) is 6.07 Å². The Morgan fingerprint density at radius 3 is 2.81 bits per heavy atom. The molecule has 0 saturated carbocycles. The van der Waals surface area contributed by atoms with Crippen LogP contribution < -0.4 is 5.73 Å². The molecule has 0 unspecified atom stereocenters. The number of hydrogen-bond donors (Lipinski definition) is 1. The van der Waals surface area contributed by atoms with Crippen LogP contribution in [0.1, 0.15) is 38.9 Å². The van der Waals surface area contributed by atoms with Crippen molar-refractivity contribution in [3.05, 3.63) is 12.2 Å². The minimum atomic E-state index is -0.217. The quantitative estimate of drug-likeness (QED) is 0.737. The lowest BCUT2D eigenvalue weighted by Gasteiger charge is -2.13. The summed E-state index contributed by atoms with van der Waals surface area (Å²) in [7, 11) is 0. The van der Waals surface area contributed by atoms with Crippen molar-refractivity contribution in [3.63, 3.8) is 0 Å². The molecule has 0 amide bonds. The van der Waals surface area contributed by atoms with Crippen molar-refractivity contribution >= 4 is 0 Å². The largest absolute Gasteiger partial charge is 0.324 e. The van der Waals surface area contributed by atoms with Crippen LogP contribution in [-0.2, 0) is 13.1 Å². The fraction of sp³-hybridized carbons (Fsp3) is 0.727. The monoisotopic (exact) mass is 221 g/mol. The summed E-state index contributed by atoms with van der Waals surface area (Å²) in [5, 5.41) is 13.1. The third-order valence-electron chi connectivity index (χ3n) is 2.51. The van der Waals surface area contributed by atoms with Gasteiger partial charge in [0.2, 0.25) is 0 Å². The summed E-state index contributed by atoms with van der Waals surface area (Å²) in [5.41, 5.74) is 5.20. The standard InChI is InChI=1S/C11H19N5/c1-11(2,8-13)5-3-4-6-16-9-14-10(7-12)15-16/h9H,3-7,12H2,1-2H3. The number of nitriles is 1. The first kappa shape index (κ1) is 12.7. The zero-order valence-electron chi connectivity index (χ0n) is 9.98. The highest BCUT2D eigenvalue weighted by molar-refractivity contribution is 4.91. The van der Waals surface area contributed by atoms with Gasteiger partial charge in [0.25, 0.3) is 0 Å². The second kappa shape index (κ2) is 5.61. The first-order valence-corrected chi connectivity index (χ1v) is 5.57. The summed E-state index contributed by atoms with van der Waals surface area (Å²) < 4.78 is 1.81. The third kappa shape index (κ3) is 3.99. The molecule has 0 aromatic carbocycles. The highest BCUT2D eigenvalue weighted by Gasteiger charge is 2.15. The lowest BCUT2D eigenvalue weighted by molar-refractivity contribution is 0.411. The molecule has 88 valence electrons. The predicted octanol–water partition coefficient (Wildman–Crippen LogP) is 1.46. The van der Waals surface area contributed by atoms with Gasteiger partial charge in [0.1, 0.15) is 6.33 Å². The Morgan fingerprint density at radius 1 is 1.50 bits per heavy atom. The maximum Gasteiger partial charge on any atom is 0.164 e. The van der Waals surface area contributed by atoms with Gasteiger partial charge >= 0.3 is 0 Å². The van der Waals surface area contributed by atoms with E-state index in [0.29, 0.717) is 12.4 Å². The first-order valence-electron chi connectivity index (χ1n) is 5.57. The van der Waals surface area contributed by atoms with E-state index in [4.69, 9.17) is 11.0 Å². The highest BCUT2D eigenvalue weighted by Crippen LogP contribution is 2.21. The van der Waals surface area contributed by atoms with Crippen LogP contribution in [0.3, 0.4) is 0 Å². The molecule has 0 aliphatic rings. The van der Waals surface area contributed by atoms with E-state index in [1.807, 2.05) is 18.5 Å². The summed E-state index contributed by atoms with van der Waals surface area (Å²) in [4.78, 5) is 4.05. The topological polar surface area (TPSA) is 80.5 Å². The zero-order chi connectivity index (χ0) is 12.0. The Labute approximate surface area is 96.3 Å². The van der Waals surface area contributed by atoms with E-state index >= 15 is 0 Å². The molecule has 1 aromatic rings. The van der Waals surface area contributed by atoms with Crippen LogP contribution in [0.2, 0.25) is 0 Å². The molecule has 0 spiro atoms. The molecule has 5 heteroatoms. The van der Waals surface area contributed by atoms with E-state index in [0.717, 1.165) is 25.8 Å². The van der Waals surface area contributed by atoms with Gasteiger partial charge in [0.05, 0.1) is 18.0 Å². The van der Waals surface area contributed by atoms with Gasteiger partial charge in [-0.05, 0) is 26.7 Å². The summed E-state index contributed by atoms with van der Waals surface area (Å²) >= 11 is 0. The van der Waals surface area contributed by atoms with Crippen LogP contribution in [-0.4, -0.2) is 14.8 Å². The van der Waals surface area contributed by atoms with Crippen molar-refractivity contribution in [2.75, 3.05) is 0 Å². The van der Waals surface area contributed by atoms with Crippen molar-refractivity contribution in [1.82, 2.24) is 14.8 Å². The van der Waals surface area contributed by atoms with Gasteiger partial charge in [0, 0.05) is 6.54 Å². The molecule has 5 nitrogen and oxygen atoms in total. The number of aromatic nitrogens is 3. The van der Waals surface area contributed by atoms with Gasteiger partial charge in [-0.2, -0.15) is 10.4 Å². The molecule has 0 radical (unpaired) electrons. The number of hydrogen-bond acceptors (Lipinski definition) is 4. The lowest BCUT2D eigenvalue weighted by atomic mass is 9.89. The lowest BCUT2D eigenvalue weighted by Crippen LogP contribution is -2.08. The number of aryl methyl sites for hydroxylation is 1. The fourth-order valence-electron chi connectivity index (χ4n) is 1.43. The number of nitrogens with two attached hydrogens (primary N) is 1. The molecule has 0 bridgehead atoms. The minimum Gasteiger partial charge on any atom is -0.324 e. The molecule has 0 aliphatic heterocycles. The average molecular weight is 221 g/mol. The summed E-state index contributed by atoms with van der Waals surface area (Å²) in [6, 6.07) is 2.30. The van der Waals surface area contributed by atoms with Gasteiger partial charge in [-0.15, -0.1) is 0 Å². The Balaban J connectivity index is 2.24. The van der Waals surface area contributed by atoms with E-state index in [9.17, 15) is 0 Å². The molecule has 1 heterocycles. The second-order valence-corrected chi connectivity index (χ2v) is 4.58. The van der Waals surface area contributed by atoms with Gasteiger partial charge in [0.15, 0.2) is 5.82 Å². The van der Waals surface area contributed by atoms with Gasteiger partial charge in [-0.25, -0.2) is 4.98 Å². The Hall–Kier alpha value is -1.41. The molecule has 1 rings (SSSR count). The van der Waals surface area contributed by atoms with E-state index in [-0.39, 0.29) is 5.41 Å². The van der Waals surface area contributed by atoms with Crippen LogP contribution >= 0.6 is 0 Å². The van der Waals surface area contributed by atoms with Crippen molar-refractivity contribution < 1.29 is 0 Å². The van der Waals surface area contributed by atoms with Crippen LogP contribution in [0, 0.1) is 16.7 Å². The van der Waals surface area contributed by atoms with Crippen LogP contribution in [0.4, 0.5) is 0 Å². The maximum absolute atomic E-state index is 8.85. The third-order valence-corrected chi connectivity index (χ3v) is 2.51. The summed E-state index contributed by atoms with van der Waals surface area (Å²) in [6.07, 6.45) is 4.66. The summed E-state index contributed by atoms with van der Waals surface area (Å²) in [5.74, 6) is 0.678. The van der Waals surface area contributed by atoms with Gasteiger partial charge < -0.3 is 5.73 Å². The number of unbranched alkanes of at least 4 members (excludes halogenated alkanes) is 1. The average Bonchev–Trinajstić information content (AvgIpc) is 2.72. The fourth-order valence-corrected chi connectivity index (χ4v) is 1.43. The molecular weight excluding hydrogens is 202 g/mol. The first-order chi connectivity index (χ1) is 7.57. The molecule has 16 heavy (non-hydrogen) atoms. The van der Waals surface area contributed by atoms with Gasteiger partial charge in [-0.3, -0.25) is 4.68 Å². The minimum absolute atomic E-state index is 0.217. The van der Waals surface area contributed by atoms with Crippen LogP contribution in [0.15, 0.2) is 6.33 Å². The highest BCUT2D eigenvalue weighted by atomic mass is 15.3. The normalized spacial score (nSPS) is 11.4. The Kier molecular flexibility index (Phi) is 4.44. The molecular formula is C11H19N5. The van der Waals surface area contributed by atoms with Gasteiger partial charge in [-0.1, -0.05) is 6.42 Å². The molecule has 0 saturated heterocycles. The van der Waals surface area contributed by atoms with Crippen molar-refractivity contribution in [2.24, 2.45) is 11.1 Å². The summed E-state index contributed by atoms with van der Waals surface area (Å²) in [6.45, 7) is 5.16. The molecule has 0 fully saturated rings. The van der Waals surface area contributed by atoms with E-state index in [1.54, 1.807) is 6.33 Å². The zero-order valence-corrected chi connectivity index (χ0v) is 9.98. The SMILES string of the molecule is CC(C)(C#N)CCCCn1cnc(CN)n1. The predicted molar refractivity (Wildman–Crippen MR) is 61.2 cm³/mol. The Morgan fingerprint density at radius 2 is 2.25 bits per heavy atom. The van der Waals surface area contributed by atoms with E-state index in [2.05, 4.69) is 16.2 Å². The smallest absolute Gasteiger partial charge is 0.164 e. The molecule has 1 aromatic heterocycles. The van der Waals surface area contributed by atoms with E-state index < -0.39 is 0 Å². The Bertz CT molecular complexity index is 361. The van der Waals surface area contributed by atoms with Crippen LogP contribution in [0.25, 0.3) is 0 Å².